The highest BCUT2D eigenvalue weighted by Gasteiger charge is 2.29. The zero-order valence-corrected chi connectivity index (χ0v) is 10.7. The van der Waals surface area contributed by atoms with Gasteiger partial charge in [0.25, 0.3) is 0 Å². The molecule has 1 aliphatic heterocycles. The van der Waals surface area contributed by atoms with Gasteiger partial charge in [-0.05, 0) is 13.8 Å². The predicted octanol–water partition coefficient (Wildman–Crippen LogP) is -0.275. The first-order valence-electron chi connectivity index (χ1n) is 6.06. The van der Waals surface area contributed by atoms with Gasteiger partial charge in [-0.1, -0.05) is 6.08 Å². The van der Waals surface area contributed by atoms with Crippen LogP contribution < -0.4 is 11.1 Å². The van der Waals surface area contributed by atoms with E-state index in [-0.39, 0.29) is 24.1 Å². The molecular formula is C12H23N3O2. The predicted molar refractivity (Wildman–Crippen MR) is 67.6 cm³/mol. The highest BCUT2D eigenvalue weighted by Crippen LogP contribution is 2.11. The van der Waals surface area contributed by atoms with Crippen molar-refractivity contribution >= 4 is 5.91 Å². The van der Waals surface area contributed by atoms with Crippen LogP contribution >= 0.6 is 0 Å². The first-order valence-corrected chi connectivity index (χ1v) is 6.06. The number of ether oxygens (including phenoxy) is 1. The van der Waals surface area contributed by atoms with Crippen LogP contribution in [0.2, 0.25) is 0 Å². The van der Waals surface area contributed by atoms with Gasteiger partial charge in [0.2, 0.25) is 5.91 Å². The number of hydrogen-bond donors (Lipinski definition) is 2. The van der Waals surface area contributed by atoms with Crippen LogP contribution in [-0.2, 0) is 9.53 Å². The van der Waals surface area contributed by atoms with Gasteiger partial charge in [0.15, 0.2) is 0 Å². The maximum Gasteiger partial charge on any atom is 0.237 e. The average molecular weight is 241 g/mol. The second-order valence-corrected chi connectivity index (χ2v) is 4.47. The normalized spacial score (nSPS) is 25.0. The summed E-state index contributed by atoms with van der Waals surface area (Å²) >= 11 is 0. The van der Waals surface area contributed by atoms with Crippen LogP contribution in [0.15, 0.2) is 12.7 Å². The molecule has 3 N–H and O–H groups in total. The van der Waals surface area contributed by atoms with Crippen molar-refractivity contribution in [1.82, 2.24) is 10.2 Å². The van der Waals surface area contributed by atoms with Gasteiger partial charge in [-0.2, -0.15) is 0 Å². The number of carbonyl (C=O) groups is 1. The minimum atomic E-state index is -0.153. The Labute approximate surface area is 103 Å². The zero-order valence-electron chi connectivity index (χ0n) is 10.7. The van der Waals surface area contributed by atoms with Crippen molar-refractivity contribution in [2.75, 3.05) is 26.2 Å². The fourth-order valence-corrected chi connectivity index (χ4v) is 1.85. The van der Waals surface area contributed by atoms with Gasteiger partial charge in [-0.15, -0.1) is 6.58 Å². The van der Waals surface area contributed by atoms with Crippen LogP contribution in [0.3, 0.4) is 0 Å². The van der Waals surface area contributed by atoms with E-state index in [4.69, 9.17) is 10.5 Å². The molecule has 0 aliphatic carbocycles. The Kier molecular flexibility index (Phi) is 5.61. The molecule has 5 nitrogen and oxygen atoms in total. The van der Waals surface area contributed by atoms with Crippen LogP contribution in [0.4, 0.5) is 0 Å². The third kappa shape index (κ3) is 4.11. The minimum absolute atomic E-state index is 0.0124. The molecule has 1 fully saturated rings. The molecule has 0 bridgehead atoms. The Morgan fingerprint density at radius 1 is 1.71 bits per heavy atom. The zero-order chi connectivity index (χ0) is 12.8. The third-order valence-corrected chi connectivity index (χ3v) is 3.06. The molecule has 0 spiro atoms. The topological polar surface area (TPSA) is 67.6 Å². The van der Waals surface area contributed by atoms with E-state index in [1.807, 2.05) is 13.8 Å². The van der Waals surface area contributed by atoms with Crippen LogP contribution in [0, 0.1) is 0 Å². The molecule has 5 heteroatoms. The second kappa shape index (κ2) is 6.74. The summed E-state index contributed by atoms with van der Waals surface area (Å²) in [7, 11) is 0. The summed E-state index contributed by atoms with van der Waals surface area (Å²) in [5.41, 5.74) is 5.82. The van der Waals surface area contributed by atoms with E-state index < -0.39 is 0 Å². The fourth-order valence-electron chi connectivity index (χ4n) is 1.85. The maximum atomic E-state index is 11.8. The SMILES string of the molecule is C=CCNC(=O)C(C)N1CCOC(C(C)N)C1. The summed E-state index contributed by atoms with van der Waals surface area (Å²) in [5.74, 6) is 0.0234. The Hall–Kier alpha value is -0.910. The Bertz CT molecular complexity index is 268. The molecule has 98 valence electrons. The first kappa shape index (κ1) is 14.2. The largest absolute Gasteiger partial charge is 0.374 e. The number of rotatable bonds is 5. The van der Waals surface area contributed by atoms with Gasteiger partial charge >= 0.3 is 0 Å². The van der Waals surface area contributed by atoms with Crippen molar-refractivity contribution < 1.29 is 9.53 Å². The van der Waals surface area contributed by atoms with E-state index in [0.717, 1.165) is 6.54 Å². The summed E-state index contributed by atoms with van der Waals surface area (Å²) in [6.45, 7) is 10.0. The average Bonchev–Trinajstić information content (AvgIpc) is 2.35. The lowest BCUT2D eigenvalue weighted by Crippen LogP contribution is -2.55. The molecule has 1 amide bonds. The molecule has 0 saturated carbocycles. The van der Waals surface area contributed by atoms with Crippen molar-refractivity contribution in [2.45, 2.75) is 32.0 Å². The standard InChI is InChI=1S/C12H23N3O2/c1-4-5-14-12(16)10(3)15-6-7-17-11(8-15)9(2)13/h4,9-11H,1,5-8,13H2,2-3H3,(H,14,16). The molecule has 0 aromatic rings. The van der Waals surface area contributed by atoms with Gasteiger partial charge in [0.05, 0.1) is 18.8 Å². The summed E-state index contributed by atoms with van der Waals surface area (Å²) < 4.78 is 5.57. The van der Waals surface area contributed by atoms with E-state index >= 15 is 0 Å². The lowest BCUT2D eigenvalue weighted by Gasteiger charge is -2.37. The molecular weight excluding hydrogens is 218 g/mol. The highest BCUT2D eigenvalue weighted by molar-refractivity contribution is 5.81. The fraction of sp³-hybridized carbons (Fsp3) is 0.750. The van der Waals surface area contributed by atoms with Crippen molar-refractivity contribution in [1.29, 1.82) is 0 Å². The Morgan fingerprint density at radius 2 is 2.41 bits per heavy atom. The van der Waals surface area contributed by atoms with E-state index in [1.54, 1.807) is 6.08 Å². The number of nitrogens with two attached hydrogens (primary N) is 1. The van der Waals surface area contributed by atoms with Crippen LogP contribution in [0.1, 0.15) is 13.8 Å². The molecule has 3 unspecified atom stereocenters. The van der Waals surface area contributed by atoms with Crippen molar-refractivity contribution in [3.8, 4) is 0 Å². The number of carbonyl (C=O) groups excluding carboxylic acids is 1. The lowest BCUT2D eigenvalue weighted by molar-refractivity contribution is -0.129. The van der Waals surface area contributed by atoms with E-state index in [0.29, 0.717) is 19.7 Å². The molecule has 1 heterocycles. The number of nitrogens with zero attached hydrogens (tertiary/aromatic N) is 1. The monoisotopic (exact) mass is 241 g/mol. The summed E-state index contributed by atoms with van der Waals surface area (Å²) in [6, 6.07) is -0.165. The van der Waals surface area contributed by atoms with Crippen LogP contribution in [0.25, 0.3) is 0 Å². The second-order valence-electron chi connectivity index (χ2n) is 4.47. The summed E-state index contributed by atoms with van der Waals surface area (Å²) in [4.78, 5) is 13.9. The number of amides is 1. The molecule has 1 saturated heterocycles. The quantitative estimate of drug-likeness (QED) is 0.650. The summed E-state index contributed by atoms with van der Waals surface area (Å²) in [5, 5.41) is 2.80. The maximum absolute atomic E-state index is 11.8. The molecule has 0 aromatic heterocycles. The van der Waals surface area contributed by atoms with Gasteiger partial charge in [0, 0.05) is 25.7 Å². The smallest absolute Gasteiger partial charge is 0.237 e. The highest BCUT2D eigenvalue weighted by atomic mass is 16.5. The van der Waals surface area contributed by atoms with Crippen LogP contribution in [-0.4, -0.2) is 55.2 Å². The lowest BCUT2D eigenvalue weighted by atomic mass is 10.1. The number of hydrogen-bond acceptors (Lipinski definition) is 4. The number of morpholine rings is 1. The molecule has 0 aromatic carbocycles. The molecule has 17 heavy (non-hydrogen) atoms. The van der Waals surface area contributed by atoms with Gasteiger partial charge in [-0.3, -0.25) is 9.69 Å². The molecule has 3 atom stereocenters. The van der Waals surface area contributed by atoms with Gasteiger partial charge in [0.1, 0.15) is 0 Å². The van der Waals surface area contributed by atoms with Gasteiger partial charge < -0.3 is 15.8 Å². The Balaban J connectivity index is 2.47. The van der Waals surface area contributed by atoms with E-state index in [1.165, 1.54) is 0 Å². The third-order valence-electron chi connectivity index (χ3n) is 3.06. The van der Waals surface area contributed by atoms with Crippen LogP contribution in [0.5, 0.6) is 0 Å². The number of nitrogens with one attached hydrogen (secondary N) is 1. The molecule has 1 aliphatic rings. The van der Waals surface area contributed by atoms with Crippen molar-refractivity contribution in [3.05, 3.63) is 12.7 Å². The minimum Gasteiger partial charge on any atom is -0.374 e. The van der Waals surface area contributed by atoms with E-state index in [9.17, 15) is 4.79 Å². The van der Waals surface area contributed by atoms with E-state index in [2.05, 4.69) is 16.8 Å². The molecule has 0 radical (unpaired) electrons. The Morgan fingerprint density at radius 3 is 3.00 bits per heavy atom. The first-order chi connectivity index (χ1) is 8.06. The molecule has 1 rings (SSSR count). The van der Waals surface area contributed by atoms with Crippen molar-refractivity contribution in [2.24, 2.45) is 5.73 Å². The van der Waals surface area contributed by atoms with Gasteiger partial charge in [-0.25, -0.2) is 0 Å². The summed E-state index contributed by atoms with van der Waals surface area (Å²) in [6.07, 6.45) is 1.69. The van der Waals surface area contributed by atoms with Crippen molar-refractivity contribution in [3.63, 3.8) is 0 Å².